The molecule has 1 nitrogen and oxygen atoms in total. The van der Waals surface area contributed by atoms with E-state index in [2.05, 4.69) is 15.7 Å². The fourth-order valence-electron chi connectivity index (χ4n) is 0.687. The predicted octanol–water partition coefficient (Wildman–Crippen LogP) is 4.29. The lowest BCUT2D eigenvalue weighted by atomic mass is 10.5. The Morgan fingerprint density at radius 2 is 1.57 bits per heavy atom. The van der Waals surface area contributed by atoms with Crippen LogP contribution in [0.15, 0.2) is 17.0 Å². The van der Waals surface area contributed by atoms with Gasteiger partial charge in [0.1, 0.15) is 4.90 Å². The smallest absolute Gasteiger partial charge is 0.189 e. The molecule has 0 radical (unpaired) electrons. The van der Waals surface area contributed by atoms with Crippen LogP contribution in [0.1, 0.15) is 0 Å². The van der Waals surface area contributed by atoms with Gasteiger partial charge in [-0.2, -0.15) is 13.8 Å². The number of halogens is 7. The van der Waals surface area contributed by atoms with Gasteiger partial charge >= 0.3 is 0 Å². The summed E-state index contributed by atoms with van der Waals surface area (Å²) in [5.74, 6) is -3.82. The maximum absolute atomic E-state index is 12.5. The van der Waals surface area contributed by atoms with Crippen LogP contribution in [0.2, 0.25) is 0 Å². The first kappa shape index (κ1) is 11.4. The van der Waals surface area contributed by atoms with Crippen LogP contribution < -0.4 is 0 Å². The van der Waals surface area contributed by atoms with Gasteiger partial charge in [-0.15, -0.1) is 15.5 Å². The van der Waals surface area contributed by atoms with Crippen molar-refractivity contribution in [1.82, 2.24) is 4.98 Å². The summed E-state index contributed by atoms with van der Waals surface area (Å²) in [5, 5.41) is 0. The molecule has 0 saturated heterocycles. The van der Waals surface area contributed by atoms with Crippen LogP contribution in [0.3, 0.4) is 0 Å². The Morgan fingerprint density at radius 3 is 1.93 bits per heavy atom. The number of hydrogen-bond acceptors (Lipinski definition) is 1. The molecule has 0 fully saturated rings. The fraction of sp³-hybridized carbons (Fsp3) is 0. The summed E-state index contributed by atoms with van der Waals surface area (Å²) in [7, 11) is -5.36. The minimum Gasteiger partial charge on any atom is -0.189 e. The molecule has 1 heterocycles. The van der Waals surface area contributed by atoms with E-state index in [1.807, 2.05) is 0 Å². The minimum atomic E-state index is -9.13. The summed E-state index contributed by atoms with van der Waals surface area (Å²) < 4.78 is 74.1. The first-order chi connectivity index (χ1) is 5.90. The largest absolute Gasteiger partial charge is 0.257 e. The molecule has 0 bridgehead atoms. The molecule has 0 amide bonds. The molecule has 0 aliphatic carbocycles. The van der Waals surface area contributed by atoms with Gasteiger partial charge in [0.25, 0.3) is 9.05 Å². The van der Waals surface area contributed by atoms with Gasteiger partial charge in [0, 0.05) is 10.7 Å². The van der Waals surface area contributed by atoms with E-state index < -0.39 is 25.8 Å². The summed E-state index contributed by atoms with van der Waals surface area (Å²) in [6.45, 7) is 0. The zero-order chi connectivity index (χ0) is 11.3. The normalized spacial score (nSPS) is 17.4. The molecule has 0 atom stereocenters. The molecule has 0 spiro atoms. The fourth-order valence-corrected chi connectivity index (χ4v) is 1.72. The van der Waals surface area contributed by atoms with Crippen LogP contribution in [-0.4, -0.2) is 4.98 Å². The molecule has 9 heteroatoms. The molecule has 1 aromatic rings. The third kappa shape index (κ3) is 2.44. The van der Waals surface area contributed by atoms with Crippen molar-refractivity contribution < 1.29 is 24.3 Å². The van der Waals surface area contributed by atoms with Crippen molar-refractivity contribution in [3.63, 3.8) is 0 Å². The van der Waals surface area contributed by atoms with E-state index in [9.17, 15) is 24.3 Å². The van der Waals surface area contributed by atoms with Crippen LogP contribution in [0, 0.1) is 11.9 Å². The zero-order valence-corrected chi connectivity index (χ0v) is 7.73. The van der Waals surface area contributed by atoms with Crippen molar-refractivity contribution >= 4 is 19.7 Å². The molecule has 1 rings (SSSR count). The van der Waals surface area contributed by atoms with Gasteiger partial charge in [-0.3, -0.25) is 0 Å². The Morgan fingerprint density at radius 1 is 1.07 bits per heavy atom. The number of hydrogen-bond donors (Lipinski definition) is 0. The Kier molecular flexibility index (Phi) is 1.88. The molecule has 82 valence electrons. The summed E-state index contributed by atoms with van der Waals surface area (Å²) in [6.07, 6.45) is 0. The summed E-state index contributed by atoms with van der Waals surface area (Å²) >= 11 is 0. The van der Waals surface area contributed by atoms with Crippen LogP contribution in [0.25, 0.3) is 0 Å². The average molecular weight is 258 g/mol. The third-order valence-electron chi connectivity index (χ3n) is 1.20. The van der Waals surface area contributed by atoms with Crippen molar-refractivity contribution in [3.8, 4) is 0 Å². The van der Waals surface area contributed by atoms with Gasteiger partial charge in [0.05, 0.1) is 0 Å². The lowest BCUT2D eigenvalue weighted by Gasteiger charge is -2.42. The van der Waals surface area contributed by atoms with Crippen LogP contribution in [-0.2, 0) is 0 Å². The second-order valence-corrected chi connectivity index (χ2v) is 6.63. The molecule has 0 aliphatic rings. The highest BCUT2D eigenvalue weighted by Gasteiger charge is 2.65. The molecular weight excluding hydrogens is 256 g/mol. The lowest BCUT2D eigenvalue weighted by molar-refractivity contribution is 0.442. The van der Waals surface area contributed by atoms with Crippen molar-refractivity contribution in [2.75, 3.05) is 0 Å². The molecule has 0 saturated carbocycles. The first-order valence-corrected chi connectivity index (χ1v) is 5.84. The van der Waals surface area contributed by atoms with Gasteiger partial charge in [-0.25, -0.2) is 0 Å². The monoisotopic (exact) mass is 257 g/mol. The number of aromatic nitrogens is 1. The van der Waals surface area contributed by atoms with Crippen LogP contribution in [0.4, 0.5) is 24.3 Å². The summed E-state index contributed by atoms with van der Waals surface area (Å²) in [4.78, 5) is -0.199. The minimum absolute atomic E-state index is 0.133. The molecule has 0 aromatic carbocycles. The van der Waals surface area contributed by atoms with Gasteiger partial charge in [0.15, 0.2) is 0 Å². The average Bonchev–Trinajstić information content (AvgIpc) is 1.79. The molecule has 0 aliphatic heterocycles. The third-order valence-corrected chi connectivity index (χ3v) is 2.83. The zero-order valence-electron chi connectivity index (χ0n) is 6.16. The van der Waals surface area contributed by atoms with Gasteiger partial charge in [0.2, 0.25) is 11.9 Å². The number of rotatable bonds is 1. The van der Waals surface area contributed by atoms with E-state index in [1.54, 1.807) is 0 Å². The van der Waals surface area contributed by atoms with Crippen molar-refractivity contribution in [2.24, 2.45) is 0 Å². The predicted molar refractivity (Wildman–Crippen MR) is 40.3 cm³/mol. The highest BCUT2D eigenvalue weighted by Crippen LogP contribution is 3.04. The van der Waals surface area contributed by atoms with E-state index in [4.69, 9.17) is 0 Å². The molecular formula is C5H2ClF6NS. The Balaban J connectivity index is 3.51. The SMILES string of the molecule is Fc1ccc(S(F)(F)(F)(F)Cl)c(F)n1. The highest BCUT2D eigenvalue weighted by molar-refractivity contribution is 8.65. The maximum atomic E-state index is 12.5. The number of nitrogens with zero attached hydrogens (tertiary/aromatic N) is 1. The Hall–Kier alpha value is -0.630. The second-order valence-electron chi connectivity index (χ2n) is 2.39. The molecule has 0 unspecified atom stereocenters. The van der Waals surface area contributed by atoms with Gasteiger partial charge in [-0.05, 0) is 12.1 Å². The second kappa shape index (κ2) is 2.30. The van der Waals surface area contributed by atoms with Crippen molar-refractivity contribution in [1.29, 1.82) is 0 Å². The van der Waals surface area contributed by atoms with E-state index >= 15 is 0 Å². The summed E-state index contributed by atoms with van der Waals surface area (Å²) in [5.41, 5.74) is 0. The van der Waals surface area contributed by atoms with E-state index in [0.29, 0.717) is 0 Å². The number of pyridine rings is 1. The Labute approximate surface area is 78.6 Å². The summed E-state index contributed by atoms with van der Waals surface area (Å²) in [6, 6.07) is 0.0331. The molecule has 1 aromatic heterocycles. The topological polar surface area (TPSA) is 12.9 Å². The lowest BCUT2D eigenvalue weighted by Crippen LogP contribution is -2.09. The van der Waals surface area contributed by atoms with Crippen LogP contribution in [0.5, 0.6) is 0 Å². The standard InChI is InChI=1S/C5H2ClF6NS/c6-14(9,10,11,12)3-1-2-4(7)13-5(3)8/h1-2H. The maximum Gasteiger partial charge on any atom is 0.257 e. The Bertz CT molecular complexity index is 386. The van der Waals surface area contributed by atoms with E-state index in [1.165, 1.54) is 0 Å². The van der Waals surface area contributed by atoms with Gasteiger partial charge in [-0.1, -0.05) is 0 Å². The highest BCUT2D eigenvalue weighted by atomic mass is 35.7. The van der Waals surface area contributed by atoms with Crippen molar-refractivity contribution in [3.05, 3.63) is 24.0 Å². The quantitative estimate of drug-likeness (QED) is 0.540. The van der Waals surface area contributed by atoms with E-state index in [0.717, 1.165) is 0 Å². The first-order valence-electron chi connectivity index (χ1n) is 2.96. The van der Waals surface area contributed by atoms with E-state index in [-0.39, 0.29) is 12.1 Å². The van der Waals surface area contributed by atoms with Gasteiger partial charge < -0.3 is 0 Å². The molecule has 0 N–H and O–H groups in total. The molecule has 14 heavy (non-hydrogen) atoms. The van der Waals surface area contributed by atoms with Crippen molar-refractivity contribution in [2.45, 2.75) is 4.90 Å². The van der Waals surface area contributed by atoms with Crippen LogP contribution >= 0.6 is 19.7 Å².